The van der Waals surface area contributed by atoms with Gasteiger partial charge in [0.15, 0.2) is 0 Å². The highest BCUT2D eigenvalue weighted by molar-refractivity contribution is 6.20. The van der Waals surface area contributed by atoms with Crippen molar-refractivity contribution in [2.45, 2.75) is 45.1 Å². The van der Waals surface area contributed by atoms with E-state index >= 15 is 0 Å². The SMILES string of the molecule is C=Cc1cncc2c(C3=NC(C4CCOCC4)CCC4=C3CN(C(C)=O)CC4)cccc12. The highest BCUT2D eigenvalue weighted by Crippen LogP contribution is 2.36. The lowest BCUT2D eigenvalue weighted by molar-refractivity contribution is -0.128. The minimum atomic E-state index is 0.134. The van der Waals surface area contributed by atoms with Crippen LogP contribution in [0.1, 0.15) is 50.2 Å². The molecule has 32 heavy (non-hydrogen) atoms. The summed E-state index contributed by atoms with van der Waals surface area (Å²) in [4.78, 5) is 24.2. The average Bonchev–Trinajstić information content (AvgIpc) is 3.03. The first-order chi connectivity index (χ1) is 15.7. The van der Waals surface area contributed by atoms with Crippen LogP contribution in [-0.2, 0) is 9.53 Å². The van der Waals surface area contributed by atoms with Crippen molar-refractivity contribution in [2.75, 3.05) is 26.3 Å². The molecule has 0 spiro atoms. The minimum Gasteiger partial charge on any atom is -0.381 e. The number of amides is 1. The predicted molar refractivity (Wildman–Crippen MR) is 129 cm³/mol. The van der Waals surface area contributed by atoms with Gasteiger partial charge in [-0.25, -0.2) is 0 Å². The molecule has 0 bridgehead atoms. The summed E-state index contributed by atoms with van der Waals surface area (Å²) in [5.74, 6) is 0.690. The summed E-state index contributed by atoms with van der Waals surface area (Å²) in [6.45, 7) is 8.76. The molecule has 5 heteroatoms. The number of nitrogens with zero attached hydrogens (tertiary/aromatic N) is 3. The number of fused-ring (bicyclic) bond motifs is 1. The van der Waals surface area contributed by atoms with Crippen molar-refractivity contribution < 1.29 is 9.53 Å². The Hall–Kier alpha value is -2.79. The highest BCUT2D eigenvalue weighted by Gasteiger charge is 2.32. The third-order valence-corrected chi connectivity index (χ3v) is 7.35. The third-order valence-electron chi connectivity index (χ3n) is 7.35. The Bertz CT molecular complexity index is 1110. The minimum absolute atomic E-state index is 0.134. The van der Waals surface area contributed by atoms with Gasteiger partial charge in [0.05, 0.1) is 11.8 Å². The van der Waals surface area contributed by atoms with E-state index in [2.05, 4.69) is 29.8 Å². The van der Waals surface area contributed by atoms with Gasteiger partial charge >= 0.3 is 0 Å². The molecule has 1 unspecified atom stereocenters. The van der Waals surface area contributed by atoms with E-state index in [1.165, 1.54) is 11.1 Å². The molecule has 3 aliphatic rings. The van der Waals surface area contributed by atoms with Gasteiger partial charge in [-0.1, -0.05) is 36.4 Å². The number of carbonyl (C=O) groups excluding carboxylic acids is 1. The van der Waals surface area contributed by atoms with Crippen LogP contribution >= 0.6 is 0 Å². The maximum Gasteiger partial charge on any atom is 0.219 e. The Labute approximate surface area is 189 Å². The van der Waals surface area contributed by atoms with Crippen molar-refractivity contribution in [1.82, 2.24) is 9.88 Å². The lowest BCUT2D eigenvalue weighted by Gasteiger charge is -2.30. The summed E-state index contributed by atoms with van der Waals surface area (Å²) in [5, 5.41) is 2.24. The number of aromatic nitrogens is 1. The number of carbonyl (C=O) groups is 1. The first-order valence-corrected chi connectivity index (χ1v) is 11.8. The smallest absolute Gasteiger partial charge is 0.219 e. The summed E-state index contributed by atoms with van der Waals surface area (Å²) >= 11 is 0. The Morgan fingerprint density at radius 1 is 1.16 bits per heavy atom. The molecule has 166 valence electrons. The van der Waals surface area contributed by atoms with Gasteiger partial charge < -0.3 is 9.64 Å². The predicted octanol–water partition coefficient (Wildman–Crippen LogP) is 4.80. The summed E-state index contributed by atoms with van der Waals surface area (Å²) in [6, 6.07) is 6.69. The standard InChI is InChI=1S/C27H31N3O2/c1-3-19-15-28-16-24-22(19)5-4-6-23(24)27-25-17-30(18(2)31)12-9-20(25)7-8-26(29-27)21-10-13-32-14-11-21/h3-6,15-16,21,26H,1,7-14,17H2,2H3. The van der Waals surface area contributed by atoms with Gasteiger partial charge in [-0.2, -0.15) is 0 Å². The Morgan fingerprint density at radius 2 is 2.00 bits per heavy atom. The van der Waals surface area contributed by atoms with E-state index in [0.717, 1.165) is 79.5 Å². The maximum absolute atomic E-state index is 12.2. The zero-order chi connectivity index (χ0) is 22.1. The lowest BCUT2D eigenvalue weighted by Crippen LogP contribution is -2.37. The molecule has 2 aromatic rings. The molecule has 0 N–H and O–H groups in total. The monoisotopic (exact) mass is 429 g/mol. The fourth-order valence-electron chi connectivity index (χ4n) is 5.48. The van der Waals surface area contributed by atoms with Crippen LogP contribution in [0.15, 0.2) is 53.3 Å². The van der Waals surface area contributed by atoms with E-state index in [0.29, 0.717) is 12.5 Å². The van der Waals surface area contributed by atoms with Gasteiger partial charge in [0.2, 0.25) is 5.91 Å². The van der Waals surface area contributed by atoms with Crippen LogP contribution in [0.25, 0.3) is 16.8 Å². The fraction of sp³-hybridized carbons (Fsp3) is 0.444. The fourth-order valence-corrected chi connectivity index (χ4v) is 5.48. The van der Waals surface area contributed by atoms with E-state index in [1.54, 1.807) is 6.92 Å². The van der Waals surface area contributed by atoms with E-state index in [4.69, 9.17) is 9.73 Å². The lowest BCUT2D eigenvalue weighted by atomic mass is 9.87. The van der Waals surface area contributed by atoms with Crippen molar-refractivity contribution in [1.29, 1.82) is 0 Å². The van der Waals surface area contributed by atoms with E-state index in [9.17, 15) is 4.79 Å². The van der Waals surface area contributed by atoms with E-state index in [-0.39, 0.29) is 11.9 Å². The van der Waals surface area contributed by atoms with Crippen molar-refractivity contribution in [2.24, 2.45) is 10.9 Å². The van der Waals surface area contributed by atoms with Crippen LogP contribution in [0.4, 0.5) is 0 Å². The van der Waals surface area contributed by atoms with Crippen LogP contribution in [-0.4, -0.2) is 53.8 Å². The molecular weight excluding hydrogens is 398 g/mol. The highest BCUT2D eigenvalue weighted by atomic mass is 16.5. The van der Waals surface area contributed by atoms with Gasteiger partial charge in [-0.3, -0.25) is 14.8 Å². The second kappa shape index (κ2) is 8.99. The number of hydrogen-bond donors (Lipinski definition) is 0. The number of benzene rings is 1. The molecule has 1 amide bonds. The van der Waals surface area contributed by atoms with Crippen LogP contribution in [0.2, 0.25) is 0 Å². The van der Waals surface area contributed by atoms with Crippen LogP contribution in [0.5, 0.6) is 0 Å². The topological polar surface area (TPSA) is 54.8 Å². The number of pyridine rings is 1. The molecule has 1 fully saturated rings. The largest absolute Gasteiger partial charge is 0.381 e. The third kappa shape index (κ3) is 3.90. The number of hydrogen-bond acceptors (Lipinski definition) is 4. The molecule has 0 aliphatic carbocycles. The van der Waals surface area contributed by atoms with E-state index < -0.39 is 0 Å². The quantitative estimate of drug-likeness (QED) is 0.704. The normalized spacial score (nSPS) is 22.3. The molecule has 1 saturated heterocycles. The van der Waals surface area contributed by atoms with Gasteiger partial charge in [-0.05, 0) is 49.0 Å². The Kier molecular flexibility index (Phi) is 5.92. The van der Waals surface area contributed by atoms with Gasteiger partial charge in [0.1, 0.15) is 0 Å². The van der Waals surface area contributed by atoms with Crippen LogP contribution in [0.3, 0.4) is 0 Å². The molecule has 5 nitrogen and oxygen atoms in total. The maximum atomic E-state index is 12.2. The van der Waals surface area contributed by atoms with Crippen LogP contribution in [0, 0.1) is 5.92 Å². The van der Waals surface area contributed by atoms with E-state index in [1.807, 2.05) is 23.4 Å². The number of rotatable bonds is 3. The first-order valence-electron chi connectivity index (χ1n) is 11.8. The molecule has 0 radical (unpaired) electrons. The molecule has 4 heterocycles. The summed E-state index contributed by atoms with van der Waals surface area (Å²) < 4.78 is 5.63. The molecule has 1 atom stereocenters. The zero-order valence-corrected chi connectivity index (χ0v) is 18.8. The Morgan fingerprint density at radius 3 is 2.78 bits per heavy atom. The van der Waals surface area contributed by atoms with Crippen molar-refractivity contribution >= 4 is 28.5 Å². The first kappa shape index (κ1) is 21.1. The molecule has 3 aliphatic heterocycles. The number of aliphatic imine (C=N–C) groups is 1. The molecule has 1 aromatic carbocycles. The summed E-state index contributed by atoms with van der Waals surface area (Å²) in [7, 11) is 0. The van der Waals surface area contributed by atoms with Crippen molar-refractivity contribution in [3.63, 3.8) is 0 Å². The van der Waals surface area contributed by atoms with Crippen LogP contribution < -0.4 is 0 Å². The molecule has 0 saturated carbocycles. The summed E-state index contributed by atoms with van der Waals surface area (Å²) in [5.41, 5.74) is 5.94. The Balaban J connectivity index is 1.66. The summed E-state index contributed by atoms with van der Waals surface area (Å²) in [6.07, 6.45) is 10.9. The molecule has 1 aromatic heterocycles. The molecule has 5 rings (SSSR count). The average molecular weight is 430 g/mol. The van der Waals surface area contributed by atoms with Gasteiger partial charge in [-0.15, -0.1) is 0 Å². The second-order valence-corrected chi connectivity index (χ2v) is 9.14. The van der Waals surface area contributed by atoms with Crippen molar-refractivity contribution in [3.05, 3.63) is 59.4 Å². The zero-order valence-electron chi connectivity index (χ0n) is 18.8. The van der Waals surface area contributed by atoms with Gasteiger partial charge in [0.25, 0.3) is 0 Å². The second-order valence-electron chi connectivity index (χ2n) is 9.14. The molecular formula is C27H31N3O2. The van der Waals surface area contributed by atoms with Crippen molar-refractivity contribution in [3.8, 4) is 0 Å². The number of ether oxygens (including phenoxy) is 1. The van der Waals surface area contributed by atoms with Gasteiger partial charge in [0, 0.05) is 62.1 Å².